The van der Waals surface area contributed by atoms with Crippen molar-refractivity contribution in [1.29, 1.82) is 0 Å². The molecule has 0 radical (unpaired) electrons. The first-order valence-corrected chi connectivity index (χ1v) is 7.59. The molecule has 0 spiro atoms. The second-order valence-corrected chi connectivity index (χ2v) is 6.25. The van der Waals surface area contributed by atoms with Gasteiger partial charge in [0.15, 0.2) is 0 Å². The minimum absolute atomic E-state index is 0.532. The van der Waals surface area contributed by atoms with Gasteiger partial charge in [0.2, 0.25) is 0 Å². The zero-order valence-electron chi connectivity index (χ0n) is 11.2. The average Bonchev–Trinajstić information content (AvgIpc) is 2.80. The van der Waals surface area contributed by atoms with E-state index in [1.807, 2.05) is 35.7 Å². The van der Waals surface area contributed by atoms with Gasteiger partial charge in [-0.05, 0) is 24.1 Å². The second-order valence-electron chi connectivity index (χ2n) is 4.82. The number of rotatable bonds is 6. The molecule has 2 rings (SSSR count). The Bertz CT molecular complexity index is 524. The van der Waals surface area contributed by atoms with E-state index in [9.17, 15) is 0 Å². The molecule has 2 aromatic rings. The molecule has 0 aliphatic rings. The van der Waals surface area contributed by atoms with E-state index in [0.717, 1.165) is 29.6 Å². The molecule has 0 saturated carbocycles. The Labute approximate surface area is 123 Å². The van der Waals surface area contributed by atoms with Gasteiger partial charge in [-0.25, -0.2) is 0 Å². The van der Waals surface area contributed by atoms with Crippen LogP contribution >= 0.6 is 22.9 Å². The minimum atomic E-state index is 0.532. The number of ether oxygens (including phenoxy) is 1. The van der Waals surface area contributed by atoms with Crippen LogP contribution in [0.15, 0.2) is 35.7 Å². The predicted molar refractivity (Wildman–Crippen MR) is 83.4 cm³/mol. The summed E-state index contributed by atoms with van der Waals surface area (Å²) in [6.07, 6.45) is 0. The third-order valence-corrected chi connectivity index (χ3v) is 3.79. The van der Waals surface area contributed by atoms with Crippen molar-refractivity contribution in [2.75, 3.05) is 11.9 Å². The maximum atomic E-state index is 5.90. The highest BCUT2D eigenvalue weighted by atomic mass is 35.5. The van der Waals surface area contributed by atoms with Gasteiger partial charge in [-0.3, -0.25) is 0 Å². The van der Waals surface area contributed by atoms with E-state index in [0.29, 0.717) is 5.92 Å². The van der Waals surface area contributed by atoms with E-state index in [-0.39, 0.29) is 0 Å². The van der Waals surface area contributed by atoms with Crippen molar-refractivity contribution in [3.05, 3.63) is 45.6 Å². The van der Waals surface area contributed by atoms with Crippen molar-refractivity contribution in [2.45, 2.75) is 20.4 Å². The lowest BCUT2D eigenvalue weighted by molar-refractivity contribution is 0.271. The Balaban J connectivity index is 1.91. The first-order valence-electron chi connectivity index (χ1n) is 6.33. The Morgan fingerprint density at radius 3 is 2.84 bits per heavy atom. The minimum Gasteiger partial charge on any atom is -0.493 e. The highest BCUT2D eigenvalue weighted by Gasteiger charge is 2.01. The highest BCUT2D eigenvalue weighted by molar-refractivity contribution is 7.10. The zero-order chi connectivity index (χ0) is 13.7. The molecule has 0 bridgehead atoms. The van der Waals surface area contributed by atoms with Crippen molar-refractivity contribution >= 4 is 28.6 Å². The molecule has 0 fully saturated rings. The Morgan fingerprint density at radius 1 is 1.32 bits per heavy atom. The Hall–Kier alpha value is -1.19. The SMILES string of the molecule is CC(C)COc1cccc(NCc2cc(Cl)cs2)c1. The van der Waals surface area contributed by atoms with Crippen molar-refractivity contribution < 1.29 is 4.74 Å². The number of anilines is 1. The standard InChI is InChI=1S/C15H18ClNOS/c1-11(2)9-18-14-5-3-4-13(7-14)17-8-15-6-12(16)10-19-15/h3-7,10-11,17H,8-9H2,1-2H3. The Kier molecular flexibility index (Phi) is 5.11. The lowest BCUT2D eigenvalue weighted by Gasteiger charge is -2.10. The van der Waals surface area contributed by atoms with Gasteiger partial charge in [0.1, 0.15) is 5.75 Å². The monoisotopic (exact) mass is 295 g/mol. The van der Waals surface area contributed by atoms with Crippen LogP contribution in [-0.4, -0.2) is 6.61 Å². The van der Waals surface area contributed by atoms with Gasteiger partial charge in [0.05, 0.1) is 11.6 Å². The molecular formula is C15H18ClNOS. The van der Waals surface area contributed by atoms with E-state index < -0.39 is 0 Å². The predicted octanol–water partition coefficient (Wildman–Crippen LogP) is 5.05. The number of hydrogen-bond donors (Lipinski definition) is 1. The molecule has 0 amide bonds. The summed E-state index contributed by atoms with van der Waals surface area (Å²) in [6, 6.07) is 10.0. The van der Waals surface area contributed by atoms with Crippen LogP contribution in [0, 0.1) is 5.92 Å². The van der Waals surface area contributed by atoms with Crippen LogP contribution in [0.5, 0.6) is 5.75 Å². The van der Waals surface area contributed by atoms with Gasteiger partial charge in [0.25, 0.3) is 0 Å². The fraction of sp³-hybridized carbons (Fsp3) is 0.333. The first kappa shape index (κ1) is 14.2. The van der Waals surface area contributed by atoms with E-state index >= 15 is 0 Å². The lowest BCUT2D eigenvalue weighted by atomic mass is 10.2. The normalized spacial score (nSPS) is 10.7. The molecule has 1 N–H and O–H groups in total. The molecular weight excluding hydrogens is 278 g/mol. The van der Waals surface area contributed by atoms with Crippen molar-refractivity contribution in [2.24, 2.45) is 5.92 Å². The van der Waals surface area contributed by atoms with E-state index in [4.69, 9.17) is 16.3 Å². The molecule has 19 heavy (non-hydrogen) atoms. The summed E-state index contributed by atoms with van der Waals surface area (Å²) in [7, 11) is 0. The summed E-state index contributed by atoms with van der Waals surface area (Å²) in [5.41, 5.74) is 1.06. The topological polar surface area (TPSA) is 21.3 Å². The van der Waals surface area contributed by atoms with Crippen molar-refractivity contribution in [3.8, 4) is 5.75 Å². The second kappa shape index (κ2) is 6.83. The summed E-state index contributed by atoms with van der Waals surface area (Å²) in [6.45, 7) is 5.81. The number of halogens is 1. The van der Waals surface area contributed by atoms with Crippen molar-refractivity contribution in [3.63, 3.8) is 0 Å². The Morgan fingerprint density at radius 2 is 2.16 bits per heavy atom. The van der Waals surface area contributed by atoms with Gasteiger partial charge in [0, 0.05) is 28.6 Å². The third kappa shape index (κ3) is 4.77. The largest absolute Gasteiger partial charge is 0.493 e. The van der Waals surface area contributed by atoms with Crippen LogP contribution in [0.4, 0.5) is 5.69 Å². The average molecular weight is 296 g/mol. The van der Waals surface area contributed by atoms with E-state index in [1.54, 1.807) is 11.3 Å². The summed E-state index contributed by atoms with van der Waals surface area (Å²) >= 11 is 7.56. The van der Waals surface area contributed by atoms with Gasteiger partial charge in [-0.1, -0.05) is 31.5 Å². The van der Waals surface area contributed by atoms with Gasteiger partial charge >= 0.3 is 0 Å². The molecule has 1 aromatic heterocycles. The van der Waals surface area contributed by atoms with E-state index in [1.165, 1.54) is 4.88 Å². The number of benzene rings is 1. The molecule has 0 saturated heterocycles. The molecule has 0 unspecified atom stereocenters. The van der Waals surface area contributed by atoms with E-state index in [2.05, 4.69) is 19.2 Å². The first-order chi connectivity index (χ1) is 9.13. The molecule has 102 valence electrons. The molecule has 0 atom stereocenters. The number of thiophene rings is 1. The fourth-order valence-corrected chi connectivity index (χ4v) is 2.61. The summed E-state index contributed by atoms with van der Waals surface area (Å²) < 4.78 is 5.71. The fourth-order valence-electron chi connectivity index (χ4n) is 1.59. The van der Waals surface area contributed by atoms with Crippen LogP contribution in [-0.2, 0) is 6.54 Å². The summed E-state index contributed by atoms with van der Waals surface area (Å²) in [4.78, 5) is 1.22. The van der Waals surface area contributed by atoms with Crippen LogP contribution in [0.2, 0.25) is 5.02 Å². The van der Waals surface area contributed by atoms with Gasteiger partial charge in [-0.15, -0.1) is 11.3 Å². The molecule has 1 aromatic carbocycles. The molecule has 4 heteroatoms. The number of nitrogens with one attached hydrogen (secondary N) is 1. The maximum Gasteiger partial charge on any atom is 0.121 e. The third-order valence-electron chi connectivity index (χ3n) is 2.51. The molecule has 0 aliphatic carbocycles. The molecule has 2 nitrogen and oxygen atoms in total. The van der Waals surface area contributed by atoms with Crippen LogP contribution in [0.3, 0.4) is 0 Å². The molecule has 1 heterocycles. The maximum absolute atomic E-state index is 5.90. The van der Waals surface area contributed by atoms with Gasteiger partial charge < -0.3 is 10.1 Å². The highest BCUT2D eigenvalue weighted by Crippen LogP contribution is 2.22. The van der Waals surface area contributed by atoms with Gasteiger partial charge in [-0.2, -0.15) is 0 Å². The van der Waals surface area contributed by atoms with Crippen molar-refractivity contribution in [1.82, 2.24) is 0 Å². The molecule has 0 aliphatic heterocycles. The smallest absolute Gasteiger partial charge is 0.121 e. The van der Waals surface area contributed by atoms with Crippen LogP contribution in [0.25, 0.3) is 0 Å². The lowest BCUT2D eigenvalue weighted by Crippen LogP contribution is -2.05. The van der Waals surface area contributed by atoms with Crippen LogP contribution in [0.1, 0.15) is 18.7 Å². The van der Waals surface area contributed by atoms with Crippen LogP contribution < -0.4 is 10.1 Å². The summed E-state index contributed by atoms with van der Waals surface area (Å²) in [5, 5.41) is 6.12. The zero-order valence-corrected chi connectivity index (χ0v) is 12.7. The number of hydrogen-bond acceptors (Lipinski definition) is 3. The summed E-state index contributed by atoms with van der Waals surface area (Å²) in [5.74, 6) is 1.44. The quantitative estimate of drug-likeness (QED) is 0.805.